The van der Waals surface area contributed by atoms with Gasteiger partial charge in [0.1, 0.15) is 18.2 Å². The number of halogens is 2. The molecule has 2 N–H and O–H groups in total. The molecule has 9 heteroatoms. The lowest BCUT2D eigenvalue weighted by molar-refractivity contribution is 0.0955. The molecule has 0 unspecified atom stereocenters. The topological polar surface area (TPSA) is 75.6 Å². The van der Waals surface area contributed by atoms with Gasteiger partial charge in [-0.2, -0.15) is 5.10 Å². The molecule has 0 aliphatic heterocycles. The number of nitrogens with zero attached hydrogens (tertiary/aromatic N) is 2. The molecule has 0 aliphatic rings. The number of amides is 1. The van der Waals surface area contributed by atoms with Gasteiger partial charge in [-0.3, -0.25) is 4.79 Å². The molecule has 40 heavy (non-hydrogen) atoms. The average molecular weight is 663 g/mol. The number of hydrazone groups is 1. The molecule has 0 radical (unpaired) electrons. The van der Waals surface area contributed by atoms with Crippen molar-refractivity contribution in [2.24, 2.45) is 5.10 Å². The molecule has 1 amide bonds. The maximum Gasteiger partial charge on any atom is 0.271 e. The summed E-state index contributed by atoms with van der Waals surface area (Å²) in [5.41, 5.74) is 8.56. The molecule has 1 heterocycles. The summed E-state index contributed by atoms with van der Waals surface area (Å²) in [6.07, 6.45) is 1.57. The van der Waals surface area contributed by atoms with Crippen LogP contribution in [-0.2, 0) is 6.61 Å². The van der Waals surface area contributed by atoms with Crippen LogP contribution in [0.3, 0.4) is 0 Å². The van der Waals surface area contributed by atoms with E-state index < -0.39 is 0 Å². The standard InChI is InChI=1S/C31H24FIN4O2S/c1-20-5-12-26(13-6-20)35-31-36-28(19-40-31)23-8-10-24(11-9-23)30(38)37-34-17-21-7-14-29(27(33)16-21)39-18-22-3-2-4-25(32)15-22/h2-17,19H,18H2,1H3,(H,35,36)(H,37,38)/b34-17-. The van der Waals surface area contributed by atoms with E-state index in [0.717, 1.165) is 36.8 Å². The van der Waals surface area contributed by atoms with Crippen molar-refractivity contribution in [1.82, 2.24) is 10.4 Å². The van der Waals surface area contributed by atoms with Crippen LogP contribution in [0.1, 0.15) is 27.0 Å². The van der Waals surface area contributed by atoms with Gasteiger partial charge in [-0.1, -0.05) is 42.0 Å². The molecular weight excluding hydrogens is 638 g/mol. The van der Waals surface area contributed by atoms with E-state index in [1.165, 1.54) is 29.0 Å². The maximum atomic E-state index is 13.4. The van der Waals surface area contributed by atoms with Crippen LogP contribution < -0.4 is 15.5 Å². The van der Waals surface area contributed by atoms with E-state index in [0.29, 0.717) is 11.3 Å². The number of thiazole rings is 1. The van der Waals surface area contributed by atoms with Gasteiger partial charge in [-0.05, 0) is 95.2 Å². The number of ether oxygens (including phenoxy) is 1. The van der Waals surface area contributed by atoms with Crippen LogP contribution in [0.5, 0.6) is 5.75 Å². The van der Waals surface area contributed by atoms with Crippen molar-refractivity contribution in [3.05, 3.63) is 128 Å². The Hall–Kier alpha value is -4.09. The van der Waals surface area contributed by atoms with E-state index in [1.54, 1.807) is 24.4 Å². The van der Waals surface area contributed by atoms with Gasteiger partial charge >= 0.3 is 0 Å². The number of nitrogens with one attached hydrogen (secondary N) is 2. The van der Waals surface area contributed by atoms with Crippen LogP contribution in [0.25, 0.3) is 11.3 Å². The van der Waals surface area contributed by atoms with Crippen molar-refractivity contribution in [2.75, 3.05) is 5.32 Å². The quantitative estimate of drug-likeness (QED) is 0.0955. The maximum absolute atomic E-state index is 13.4. The minimum Gasteiger partial charge on any atom is -0.488 e. The third-order valence-corrected chi connectivity index (χ3v) is 7.47. The zero-order chi connectivity index (χ0) is 27.9. The van der Waals surface area contributed by atoms with Crippen molar-refractivity contribution in [3.8, 4) is 17.0 Å². The average Bonchev–Trinajstić information content (AvgIpc) is 3.42. The van der Waals surface area contributed by atoms with Gasteiger partial charge in [0.15, 0.2) is 5.13 Å². The van der Waals surface area contributed by atoms with Crippen LogP contribution in [-0.4, -0.2) is 17.1 Å². The van der Waals surface area contributed by atoms with E-state index in [-0.39, 0.29) is 18.3 Å². The molecule has 0 saturated heterocycles. The van der Waals surface area contributed by atoms with Crippen LogP contribution in [0.2, 0.25) is 0 Å². The zero-order valence-electron chi connectivity index (χ0n) is 21.4. The number of carbonyl (C=O) groups excluding carboxylic acids is 1. The van der Waals surface area contributed by atoms with Crippen LogP contribution in [0, 0.1) is 16.3 Å². The summed E-state index contributed by atoms with van der Waals surface area (Å²) in [6, 6.07) is 27.3. The Labute approximate surface area is 249 Å². The smallest absolute Gasteiger partial charge is 0.271 e. The molecular formula is C31H24FIN4O2S. The molecule has 0 aliphatic carbocycles. The lowest BCUT2D eigenvalue weighted by Crippen LogP contribution is -2.17. The number of anilines is 2. The molecule has 0 spiro atoms. The van der Waals surface area contributed by atoms with Crippen LogP contribution in [0.4, 0.5) is 15.2 Å². The summed E-state index contributed by atoms with van der Waals surface area (Å²) in [6.45, 7) is 2.32. The van der Waals surface area contributed by atoms with E-state index >= 15 is 0 Å². The number of hydrogen-bond donors (Lipinski definition) is 2. The van der Waals surface area contributed by atoms with E-state index in [1.807, 2.05) is 53.9 Å². The Bertz CT molecular complexity index is 1650. The first kappa shape index (κ1) is 27.5. The molecule has 0 bridgehead atoms. The SMILES string of the molecule is Cc1ccc(Nc2nc(-c3ccc(C(=O)N/N=C\c4ccc(OCc5cccc(F)c5)c(I)c4)cc3)cs2)cc1. The van der Waals surface area contributed by atoms with E-state index in [4.69, 9.17) is 4.74 Å². The monoisotopic (exact) mass is 662 g/mol. The fraction of sp³-hybridized carbons (Fsp3) is 0.0645. The third-order valence-electron chi connectivity index (χ3n) is 5.87. The van der Waals surface area contributed by atoms with Gasteiger partial charge in [0.25, 0.3) is 5.91 Å². The highest BCUT2D eigenvalue weighted by Gasteiger charge is 2.09. The molecule has 1 aromatic heterocycles. The summed E-state index contributed by atoms with van der Waals surface area (Å²) < 4.78 is 20.0. The van der Waals surface area contributed by atoms with Crippen molar-refractivity contribution in [3.63, 3.8) is 0 Å². The Balaban J connectivity index is 1.14. The number of benzene rings is 4. The first-order valence-electron chi connectivity index (χ1n) is 12.3. The molecule has 6 nitrogen and oxygen atoms in total. The molecule has 4 aromatic carbocycles. The Kier molecular flexibility index (Phi) is 8.82. The van der Waals surface area contributed by atoms with E-state index in [9.17, 15) is 9.18 Å². The second kappa shape index (κ2) is 12.8. The summed E-state index contributed by atoms with van der Waals surface area (Å²) >= 11 is 3.69. The number of aryl methyl sites for hydroxylation is 1. The predicted octanol–water partition coefficient (Wildman–Crippen LogP) is 7.95. The Morgan fingerprint density at radius 3 is 2.60 bits per heavy atom. The highest BCUT2D eigenvalue weighted by atomic mass is 127. The van der Waals surface area contributed by atoms with Crippen molar-refractivity contribution in [2.45, 2.75) is 13.5 Å². The van der Waals surface area contributed by atoms with E-state index in [2.05, 4.69) is 62.5 Å². The summed E-state index contributed by atoms with van der Waals surface area (Å²) in [4.78, 5) is 17.2. The number of rotatable bonds is 9. The zero-order valence-corrected chi connectivity index (χ0v) is 24.4. The first-order valence-corrected chi connectivity index (χ1v) is 14.3. The van der Waals surface area contributed by atoms with Crippen molar-refractivity contribution >= 4 is 56.9 Å². The first-order chi connectivity index (χ1) is 19.4. The second-order valence-corrected chi connectivity index (χ2v) is 10.9. The summed E-state index contributed by atoms with van der Waals surface area (Å²) in [7, 11) is 0. The molecule has 0 atom stereocenters. The minimum absolute atomic E-state index is 0.268. The molecule has 0 saturated carbocycles. The van der Waals surface area contributed by atoms with Gasteiger partial charge in [0.05, 0.1) is 15.5 Å². The van der Waals surface area contributed by atoms with Gasteiger partial charge in [-0.15, -0.1) is 11.3 Å². The highest BCUT2D eigenvalue weighted by molar-refractivity contribution is 14.1. The number of aromatic nitrogens is 1. The van der Waals surface area contributed by atoms with Gasteiger partial charge in [-0.25, -0.2) is 14.8 Å². The highest BCUT2D eigenvalue weighted by Crippen LogP contribution is 2.27. The van der Waals surface area contributed by atoms with Crippen molar-refractivity contribution < 1.29 is 13.9 Å². The Morgan fingerprint density at radius 2 is 1.85 bits per heavy atom. The normalized spacial score (nSPS) is 11.0. The number of hydrogen-bond acceptors (Lipinski definition) is 6. The lowest BCUT2D eigenvalue weighted by atomic mass is 10.1. The second-order valence-electron chi connectivity index (χ2n) is 8.91. The molecule has 5 aromatic rings. The van der Waals surface area contributed by atoms with Crippen molar-refractivity contribution in [1.29, 1.82) is 0 Å². The van der Waals surface area contributed by atoms with Gasteiger partial charge in [0.2, 0.25) is 0 Å². The minimum atomic E-state index is -0.312. The third kappa shape index (κ3) is 7.30. The summed E-state index contributed by atoms with van der Waals surface area (Å²) in [5, 5.41) is 10.2. The lowest BCUT2D eigenvalue weighted by Gasteiger charge is -2.09. The van der Waals surface area contributed by atoms with Gasteiger partial charge < -0.3 is 10.1 Å². The van der Waals surface area contributed by atoms with Gasteiger partial charge in [0, 0.05) is 22.2 Å². The fourth-order valence-electron chi connectivity index (χ4n) is 3.75. The van der Waals surface area contributed by atoms with Crippen LogP contribution >= 0.6 is 33.9 Å². The number of carbonyl (C=O) groups is 1. The van der Waals surface area contributed by atoms with Crippen LogP contribution in [0.15, 0.2) is 101 Å². The molecule has 5 rings (SSSR count). The fourth-order valence-corrected chi connectivity index (χ4v) is 5.18. The molecule has 0 fully saturated rings. The predicted molar refractivity (Wildman–Crippen MR) is 167 cm³/mol. The Morgan fingerprint density at radius 1 is 1.05 bits per heavy atom. The summed E-state index contributed by atoms with van der Waals surface area (Å²) in [5.74, 6) is 0.0809. The largest absolute Gasteiger partial charge is 0.488 e. The molecule has 200 valence electrons.